The molecule has 0 saturated carbocycles. The molecule has 2 aromatic heterocycles. The molecule has 0 fully saturated rings. The number of rotatable bonds is 5. The van der Waals surface area contributed by atoms with E-state index in [1.165, 1.54) is 11.3 Å². The summed E-state index contributed by atoms with van der Waals surface area (Å²) in [6.07, 6.45) is 2.31. The fraction of sp³-hybridized carbons (Fsp3) is 0.167. The third-order valence-electron chi connectivity index (χ3n) is 3.51. The molecular weight excluding hydrogens is 306 g/mol. The van der Waals surface area contributed by atoms with Crippen molar-refractivity contribution in [3.05, 3.63) is 77.1 Å². The molecule has 0 aliphatic rings. The highest BCUT2D eigenvalue weighted by atomic mass is 32.1. The molecule has 0 aliphatic heterocycles. The van der Waals surface area contributed by atoms with Crippen molar-refractivity contribution in [1.29, 1.82) is 0 Å². The van der Waals surface area contributed by atoms with Crippen LogP contribution in [0.25, 0.3) is 0 Å². The third-order valence-corrected chi connectivity index (χ3v) is 4.38. The highest BCUT2D eigenvalue weighted by molar-refractivity contribution is 7.13. The van der Waals surface area contributed by atoms with E-state index in [9.17, 15) is 4.79 Å². The zero-order valence-electron chi connectivity index (χ0n) is 12.8. The quantitative estimate of drug-likeness (QED) is 0.777. The van der Waals surface area contributed by atoms with Crippen LogP contribution < -0.4 is 5.32 Å². The number of benzene rings is 1. The summed E-state index contributed by atoms with van der Waals surface area (Å²) in [4.78, 5) is 21.4. The van der Waals surface area contributed by atoms with Crippen LogP contribution in [-0.2, 0) is 11.2 Å². The minimum absolute atomic E-state index is 0.0591. The minimum atomic E-state index is -0.296. The van der Waals surface area contributed by atoms with Crippen molar-refractivity contribution in [2.45, 2.75) is 19.3 Å². The Hall–Kier alpha value is -2.53. The Morgan fingerprint density at radius 2 is 1.96 bits per heavy atom. The number of hydrogen-bond donors (Lipinski definition) is 1. The standard InChI is InChI=1S/C18H17N3OS/c1-13-12-23-18(20-13)21-17(22)16(14-7-3-2-4-8-14)11-15-9-5-6-10-19-15/h2-10,12,16H,11H2,1H3,(H,20,21,22). The van der Waals surface area contributed by atoms with Crippen LogP contribution in [0.1, 0.15) is 22.9 Å². The third kappa shape index (κ3) is 4.02. The number of carbonyl (C=O) groups is 1. The van der Waals surface area contributed by atoms with Gasteiger partial charge in [0.2, 0.25) is 5.91 Å². The maximum Gasteiger partial charge on any atom is 0.234 e. The number of thiazole rings is 1. The largest absolute Gasteiger partial charge is 0.301 e. The van der Waals surface area contributed by atoms with E-state index >= 15 is 0 Å². The second-order valence-corrected chi connectivity index (χ2v) is 6.13. The molecule has 1 unspecified atom stereocenters. The number of hydrogen-bond acceptors (Lipinski definition) is 4. The van der Waals surface area contributed by atoms with Crippen molar-refractivity contribution in [2.24, 2.45) is 0 Å². The number of nitrogens with one attached hydrogen (secondary N) is 1. The van der Waals surface area contributed by atoms with Gasteiger partial charge in [-0.25, -0.2) is 4.98 Å². The van der Waals surface area contributed by atoms with Crippen LogP contribution in [0.3, 0.4) is 0 Å². The van der Waals surface area contributed by atoms with Crippen LogP contribution in [-0.4, -0.2) is 15.9 Å². The first-order chi connectivity index (χ1) is 11.2. The lowest BCUT2D eigenvalue weighted by Crippen LogP contribution is -2.23. The average Bonchev–Trinajstić information content (AvgIpc) is 2.99. The minimum Gasteiger partial charge on any atom is -0.301 e. The number of anilines is 1. The first-order valence-corrected chi connectivity index (χ1v) is 8.28. The maximum absolute atomic E-state index is 12.8. The predicted octanol–water partition coefficient (Wildman–Crippen LogP) is 3.81. The van der Waals surface area contributed by atoms with Gasteiger partial charge in [0.1, 0.15) is 0 Å². The first kappa shape index (κ1) is 15.4. The average molecular weight is 323 g/mol. The van der Waals surface area contributed by atoms with E-state index in [1.807, 2.05) is 60.8 Å². The van der Waals surface area contributed by atoms with Gasteiger partial charge in [-0.1, -0.05) is 36.4 Å². The van der Waals surface area contributed by atoms with Gasteiger partial charge < -0.3 is 5.32 Å². The Morgan fingerprint density at radius 1 is 1.17 bits per heavy atom. The summed E-state index contributed by atoms with van der Waals surface area (Å²) in [5.74, 6) is -0.355. The van der Waals surface area contributed by atoms with Gasteiger partial charge in [0.25, 0.3) is 0 Å². The summed E-state index contributed by atoms with van der Waals surface area (Å²) in [5.41, 5.74) is 2.78. The molecule has 1 aromatic carbocycles. The van der Waals surface area contributed by atoms with E-state index < -0.39 is 0 Å². The van der Waals surface area contributed by atoms with Gasteiger partial charge in [0.05, 0.1) is 11.6 Å². The summed E-state index contributed by atoms with van der Waals surface area (Å²) in [6.45, 7) is 1.91. The van der Waals surface area contributed by atoms with Crippen molar-refractivity contribution >= 4 is 22.4 Å². The lowest BCUT2D eigenvalue weighted by molar-refractivity contribution is -0.117. The molecular formula is C18H17N3OS. The Morgan fingerprint density at radius 3 is 2.61 bits per heavy atom. The molecule has 0 bridgehead atoms. The topological polar surface area (TPSA) is 54.9 Å². The molecule has 3 rings (SSSR count). The summed E-state index contributed by atoms with van der Waals surface area (Å²) in [7, 11) is 0. The maximum atomic E-state index is 12.8. The van der Waals surface area contributed by atoms with Crippen molar-refractivity contribution in [3.8, 4) is 0 Å². The number of carbonyl (C=O) groups excluding carboxylic acids is 1. The number of aryl methyl sites for hydroxylation is 1. The molecule has 1 amide bonds. The molecule has 1 atom stereocenters. The molecule has 0 spiro atoms. The van der Waals surface area contributed by atoms with Crippen LogP contribution >= 0.6 is 11.3 Å². The lowest BCUT2D eigenvalue weighted by atomic mass is 9.93. The highest BCUT2D eigenvalue weighted by Gasteiger charge is 2.22. The lowest BCUT2D eigenvalue weighted by Gasteiger charge is -2.16. The van der Waals surface area contributed by atoms with E-state index in [-0.39, 0.29) is 11.8 Å². The molecule has 2 heterocycles. The second-order valence-electron chi connectivity index (χ2n) is 5.27. The fourth-order valence-corrected chi connectivity index (χ4v) is 3.07. The normalized spacial score (nSPS) is 11.9. The summed E-state index contributed by atoms with van der Waals surface area (Å²) in [6, 6.07) is 15.5. The van der Waals surface area contributed by atoms with Crippen molar-refractivity contribution in [1.82, 2.24) is 9.97 Å². The van der Waals surface area contributed by atoms with Crippen LogP contribution in [0.15, 0.2) is 60.1 Å². The van der Waals surface area contributed by atoms with Crippen LogP contribution in [0.2, 0.25) is 0 Å². The van der Waals surface area contributed by atoms with E-state index in [0.29, 0.717) is 11.6 Å². The van der Waals surface area contributed by atoms with Gasteiger partial charge in [-0.3, -0.25) is 9.78 Å². The van der Waals surface area contributed by atoms with Crippen molar-refractivity contribution in [3.63, 3.8) is 0 Å². The molecule has 0 radical (unpaired) electrons. The van der Waals surface area contributed by atoms with E-state index in [4.69, 9.17) is 0 Å². The van der Waals surface area contributed by atoms with Crippen LogP contribution in [0.5, 0.6) is 0 Å². The molecule has 116 valence electrons. The Balaban J connectivity index is 1.84. The Labute approximate surface area is 139 Å². The van der Waals surface area contributed by atoms with Gasteiger partial charge in [-0.2, -0.15) is 0 Å². The predicted molar refractivity (Wildman–Crippen MR) is 92.6 cm³/mol. The zero-order chi connectivity index (χ0) is 16.1. The molecule has 5 heteroatoms. The number of aromatic nitrogens is 2. The second kappa shape index (κ2) is 7.15. The monoisotopic (exact) mass is 323 g/mol. The smallest absolute Gasteiger partial charge is 0.234 e. The van der Waals surface area contributed by atoms with E-state index in [0.717, 1.165) is 17.0 Å². The van der Waals surface area contributed by atoms with Gasteiger partial charge in [0, 0.05) is 23.7 Å². The molecule has 23 heavy (non-hydrogen) atoms. The molecule has 3 aromatic rings. The van der Waals surface area contributed by atoms with Gasteiger partial charge in [-0.05, 0) is 24.6 Å². The van der Waals surface area contributed by atoms with Gasteiger partial charge >= 0.3 is 0 Å². The molecule has 4 nitrogen and oxygen atoms in total. The number of pyridine rings is 1. The Bertz CT molecular complexity index is 771. The molecule has 0 aliphatic carbocycles. The molecule has 0 saturated heterocycles. The molecule has 1 N–H and O–H groups in total. The summed E-state index contributed by atoms with van der Waals surface area (Å²) >= 11 is 1.44. The Kier molecular flexibility index (Phi) is 4.78. The first-order valence-electron chi connectivity index (χ1n) is 7.40. The van der Waals surface area contributed by atoms with E-state index in [2.05, 4.69) is 15.3 Å². The fourth-order valence-electron chi connectivity index (χ4n) is 2.38. The van der Waals surface area contributed by atoms with Crippen molar-refractivity contribution in [2.75, 3.05) is 5.32 Å². The van der Waals surface area contributed by atoms with Gasteiger partial charge in [0.15, 0.2) is 5.13 Å². The van der Waals surface area contributed by atoms with Crippen molar-refractivity contribution < 1.29 is 4.79 Å². The van der Waals surface area contributed by atoms with Crippen LogP contribution in [0.4, 0.5) is 5.13 Å². The summed E-state index contributed by atoms with van der Waals surface area (Å²) < 4.78 is 0. The van der Waals surface area contributed by atoms with Crippen LogP contribution in [0, 0.1) is 6.92 Å². The van der Waals surface area contributed by atoms with E-state index in [1.54, 1.807) is 6.20 Å². The zero-order valence-corrected chi connectivity index (χ0v) is 13.6. The highest BCUT2D eigenvalue weighted by Crippen LogP contribution is 2.23. The summed E-state index contributed by atoms with van der Waals surface area (Å²) in [5, 5.41) is 5.48. The number of nitrogens with zero attached hydrogens (tertiary/aromatic N) is 2. The van der Waals surface area contributed by atoms with Gasteiger partial charge in [-0.15, -0.1) is 11.3 Å². The number of amides is 1. The SMILES string of the molecule is Cc1csc(NC(=O)C(Cc2ccccn2)c2ccccc2)n1.